The highest BCUT2D eigenvalue weighted by molar-refractivity contribution is 7.14. The fourth-order valence-electron chi connectivity index (χ4n) is 2.44. The van der Waals surface area contributed by atoms with Gasteiger partial charge in [-0.15, -0.1) is 11.3 Å². The van der Waals surface area contributed by atoms with Crippen LogP contribution in [0.5, 0.6) is 0 Å². The quantitative estimate of drug-likeness (QED) is 0.602. The summed E-state index contributed by atoms with van der Waals surface area (Å²) in [5.41, 5.74) is 2.92. The van der Waals surface area contributed by atoms with E-state index in [0.29, 0.717) is 29.5 Å². The van der Waals surface area contributed by atoms with E-state index in [1.54, 1.807) is 24.4 Å². The van der Waals surface area contributed by atoms with Gasteiger partial charge in [0.25, 0.3) is 0 Å². The summed E-state index contributed by atoms with van der Waals surface area (Å²) in [6.45, 7) is 2.68. The number of rotatable bonds is 6. The number of esters is 1. The predicted octanol–water partition coefficient (Wildman–Crippen LogP) is 4.53. The maximum atomic E-state index is 11.9. The number of anilines is 2. The molecule has 0 fully saturated rings. The minimum Gasteiger partial charge on any atom is -0.461 e. The van der Waals surface area contributed by atoms with Crippen molar-refractivity contribution in [2.75, 3.05) is 11.5 Å². The summed E-state index contributed by atoms with van der Waals surface area (Å²) in [6.07, 6.45) is 0. The molecule has 26 heavy (non-hydrogen) atoms. The number of nitriles is 1. The number of nitrogens with zero attached hydrogens (tertiary/aromatic N) is 3. The number of benzene rings is 2. The lowest BCUT2D eigenvalue weighted by Gasteiger charge is -2.22. The fourth-order valence-corrected chi connectivity index (χ4v) is 3.25. The molecule has 0 N–H and O–H groups in total. The van der Waals surface area contributed by atoms with Gasteiger partial charge >= 0.3 is 5.97 Å². The zero-order chi connectivity index (χ0) is 18.4. The van der Waals surface area contributed by atoms with Gasteiger partial charge in [-0.1, -0.05) is 30.3 Å². The average molecular weight is 363 g/mol. The molecule has 0 amide bonds. The molecule has 0 atom stereocenters. The van der Waals surface area contributed by atoms with Crippen LogP contribution >= 0.6 is 11.3 Å². The molecule has 3 rings (SSSR count). The third-order valence-corrected chi connectivity index (χ3v) is 4.56. The van der Waals surface area contributed by atoms with Crippen molar-refractivity contribution >= 4 is 28.1 Å². The number of hydrogen-bond donors (Lipinski definition) is 0. The van der Waals surface area contributed by atoms with Crippen molar-refractivity contribution in [2.45, 2.75) is 13.5 Å². The van der Waals surface area contributed by atoms with E-state index in [1.807, 2.05) is 47.4 Å². The standard InChI is InChI=1S/C20H17N3O2S/c1-2-25-19(24)18-14-26-20(22-18)23(13-16-6-4-3-5-7-16)17-10-8-15(12-21)9-11-17/h3-11,14H,2,13H2,1H3. The van der Waals surface area contributed by atoms with Crippen LogP contribution in [0.3, 0.4) is 0 Å². The third-order valence-electron chi connectivity index (χ3n) is 3.70. The molecule has 0 spiro atoms. The van der Waals surface area contributed by atoms with Crippen LogP contribution in [-0.4, -0.2) is 17.6 Å². The molecule has 5 nitrogen and oxygen atoms in total. The maximum Gasteiger partial charge on any atom is 0.357 e. The molecular formula is C20H17N3O2S. The minimum absolute atomic E-state index is 0.304. The van der Waals surface area contributed by atoms with Gasteiger partial charge in [-0.2, -0.15) is 5.26 Å². The number of aromatic nitrogens is 1. The smallest absolute Gasteiger partial charge is 0.357 e. The van der Waals surface area contributed by atoms with Gasteiger partial charge in [0.05, 0.1) is 24.8 Å². The highest BCUT2D eigenvalue weighted by Gasteiger charge is 2.18. The number of hydrogen-bond acceptors (Lipinski definition) is 6. The van der Waals surface area contributed by atoms with Crippen LogP contribution < -0.4 is 4.90 Å². The van der Waals surface area contributed by atoms with Gasteiger partial charge in [0.2, 0.25) is 0 Å². The van der Waals surface area contributed by atoms with Crippen LogP contribution in [0.25, 0.3) is 0 Å². The normalized spacial score (nSPS) is 10.2. The van der Waals surface area contributed by atoms with Gasteiger partial charge in [-0.25, -0.2) is 9.78 Å². The Bertz CT molecular complexity index is 914. The van der Waals surface area contributed by atoms with Crippen molar-refractivity contribution in [1.82, 2.24) is 4.98 Å². The molecule has 1 aromatic heterocycles. The monoisotopic (exact) mass is 363 g/mol. The van der Waals surface area contributed by atoms with Crippen LogP contribution in [0.1, 0.15) is 28.5 Å². The van der Waals surface area contributed by atoms with E-state index in [0.717, 1.165) is 11.3 Å². The van der Waals surface area contributed by atoms with Crippen LogP contribution in [0.4, 0.5) is 10.8 Å². The van der Waals surface area contributed by atoms with E-state index in [-0.39, 0.29) is 0 Å². The maximum absolute atomic E-state index is 11.9. The van der Waals surface area contributed by atoms with E-state index >= 15 is 0 Å². The molecule has 0 radical (unpaired) electrons. The summed E-state index contributed by atoms with van der Waals surface area (Å²) in [7, 11) is 0. The molecule has 0 aliphatic heterocycles. The first kappa shape index (κ1) is 17.6. The second-order valence-electron chi connectivity index (χ2n) is 5.47. The summed E-state index contributed by atoms with van der Waals surface area (Å²) in [5.74, 6) is -0.422. The largest absolute Gasteiger partial charge is 0.461 e. The Balaban J connectivity index is 1.94. The van der Waals surface area contributed by atoms with E-state index in [9.17, 15) is 4.79 Å². The zero-order valence-corrected chi connectivity index (χ0v) is 15.1. The highest BCUT2D eigenvalue weighted by Crippen LogP contribution is 2.31. The van der Waals surface area contributed by atoms with E-state index < -0.39 is 5.97 Å². The van der Waals surface area contributed by atoms with Crippen molar-refractivity contribution < 1.29 is 9.53 Å². The first-order chi connectivity index (χ1) is 12.7. The minimum atomic E-state index is -0.422. The molecule has 6 heteroatoms. The Labute approximate surface area is 156 Å². The number of carbonyl (C=O) groups is 1. The van der Waals surface area contributed by atoms with Crippen LogP contribution in [0.15, 0.2) is 60.0 Å². The molecule has 0 unspecified atom stereocenters. The van der Waals surface area contributed by atoms with Gasteiger partial charge in [0.1, 0.15) is 0 Å². The molecule has 0 saturated carbocycles. The molecule has 0 aliphatic rings. The lowest BCUT2D eigenvalue weighted by atomic mass is 10.2. The summed E-state index contributed by atoms with van der Waals surface area (Å²) >= 11 is 1.38. The van der Waals surface area contributed by atoms with Crippen LogP contribution in [-0.2, 0) is 11.3 Å². The van der Waals surface area contributed by atoms with Crippen molar-refractivity contribution in [3.05, 3.63) is 76.8 Å². The Hall–Kier alpha value is -3.17. The Morgan fingerprint density at radius 1 is 1.19 bits per heavy atom. The molecule has 2 aromatic carbocycles. The van der Waals surface area contributed by atoms with Gasteiger partial charge < -0.3 is 9.64 Å². The number of carbonyl (C=O) groups excluding carboxylic acids is 1. The molecular weight excluding hydrogens is 346 g/mol. The molecule has 130 valence electrons. The second-order valence-corrected chi connectivity index (χ2v) is 6.30. The van der Waals surface area contributed by atoms with Gasteiger partial charge in [-0.3, -0.25) is 0 Å². The van der Waals surface area contributed by atoms with Gasteiger partial charge in [0, 0.05) is 11.1 Å². The topological polar surface area (TPSA) is 66.2 Å². The zero-order valence-electron chi connectivity index (χ0n) is 14.3. The Morgan fingerprint density at radius 3 is 2.58 bits per heavy atom. The Morgan fingerprint density at radius 2 is 1.92 bits per heavy atom. The summed E-state index contributed by atoms with van der Waals surface area (Å²) in [6, 6.07) is 19.4. The Kier molecular flexibility index (Phi) is 5.62. The average Bonchev–Trinajstić information content (AvgIpc) is 3.17. The van der Waals surface area contributed by atoms with E-state index in [4.69, 9.17) is 10.00 Å². The first-order valence-corrected chi connectivity index (χ1v) is 9.03. The van der Waals surface area contributed by atoms with Crippen molar-refractivity contribution in [3.63, 3.8) is 0 Å². The van der Waals surface area contributed by atoms with E-state index in [2.05, 4.69) is 11.1 Å². The first-order valence-electron chi connectivity index (χ1n) is 8.15. The van der Waals surface area contributed by atoms with Crippen molar-refractivity contribution in [3.8, 4) is 6.07 Å². The molecule has 0 bridgehead atoms. The van der Waals surface area contributed by atoms with E-state index in [1.165, 1.54) is 11.3 Å². The predicted molar refractivity (Wildman–Crippen MR) is 102 cm³/mol. The SMILES string of the molecule is CCOC(=O)c1csc(N(Cc2ccccc2)c2ccc(C#N)cc2)n1. The number of thiazole rings is 1. The van der Waals surface area contributed by atoms with Crippen molar-refractivity contribution in [2.24, 2.45) is 0 Å². The number of ether oxygens (including phenoxy) is 1. The lowest BCUT2D eigenvalue weighted by Crippen LogP contribution is -2.16. The molecule has 1 heterocycles. The molecule has 0 aliphatic carbocycles. The molecule has 0 saturated heterocycles. The third kappa shape index (κ3) is 4.08. The lowest BCUT2D eigenvalue weighted by molar-refractivity contribution is 0.0520. The van der Waals surface area contributed by atoms with Crippen LogP contribution in [0.2, 0.25) is 0 Å². The summed E-state index contributed by atoms with van der Waals surface area (Å²) in [4.78, 5) is 18.4. The van der Waals surface area contributed by atoms with Gasteiger partial charge in [0.15, 0.2) is 10.8 Å². The second kappa shape index (κ2) is 8.28. The highest BCUT2D eigenvalue weighted by atomic mass is 32.1. The summed E-state index contributed by atoms with van der Waals surface area (Å²) in [5, 5.41) is 11.4. The van der Waals surface area contributed by atoms with Crippen LogP contribution in [0, 0.1) is 11.3 Å². The van der Waals surface area contributed by atoms with Gasteiger partial charge in [-0.05, 0) is 36.8 Å². The molecule has 3 aromatic rings. The fraction of sp³-hybridized carbons (Fsp3) is 0.150. The van der Waals surface area contributed by atoms with Crippen molar-refractivity contribution in [1.29, 1.82) is 5.26 Å². The summed E-state index contributed by atoms with van der Waals surface area (Å²) < 4.78 is 5.03.